The fourth-order valence-corrected chi connectivity index (χ4v) is 1.92. The standard InChI is InChI=1S/C13H17ClO2/c1-7-6-8(2)11(12(15)10(4)14)13(16-5)9(7)3/h6,10H,1-5H3. The van der Waals surface area contributed by atoms with E-state index in [0.29, 0.717) is 11.3 Å². The summed E-state index contributed by atoms with van der Waals surface area (Å²) < 4.78 is 5.33. The molecule has 0 heterocycles. The SMILES string of the molecule is COc1c(C)c(C)cc(C)c1C(=O)C(C)Cl. The Morgan fingerprint density at radius 3 is 2.31 bits per heavy atom. The zero-order chi connectivity index (χ0) is 12.5. The molecule has 0 aliphatic rings. The number of methoxy groups -OCH3 is 1. The van der Waals surface area contributed by atoms with Crippen LogP contribution in [-0.2, 0) is 0 Å². The quantitative estimate of drug-likeness (QED) is 0.598. The Kier molecular flexibility index (Phi) is 3.98. The van der Waals surface area contributed by atoms with E-state index >= 15 is 0 Å². The van der Waals surface area contributed by atoms with E-state index in [0.717, 1.165) is 16.7 Å². The number of hydrogen-bond donors (Lipinski definition) is 0. The number of carbonyl (C=O) groups is 1. The molecule has 0 bridgehead atoms. The van der Waals surface area contributed by atoms with Crippen molar-refractivity contribution in [3.63, 3.8) is 0 Å². The van der Waals surface area contributed by atoms with Gasteiger partial charge in [-0.1, -0.05) is 6.07 Å². The minimum absolute atomic E-state index is 0.0842. The van der Waals surface area contributed by atoms with Gasteiger partial charge in [-0.2, -0.15) is 0 Å². The van der Waals surface area contributed by atoms with Crippen molar-refractivity contribution in [1.29, 1.82) is 0 Å². The van der Waals surface area contributed by atoms with Crippen LogP contribution in [0, 0.1) is 20.8 Å². The van der Waals surface area contributed by atoms with Crippen LogP contribution < -0.4 is 4.74 Å². The maximum Gasteiger partial charge on any atom is 0.184 e. The molecule has 0 radical (unpaired) electrons. The van der Waals surface area contributed by atoms with Gasteiger partial charge in [0.05, 0.1) is 18.1 Å². The Bertz CT molecular complexity index is 422. The van der Waals surface area contributed by atoms with E-state index in [1.54, 1.807) is 14.0 Å². The van der Waals surface area contributed by atoms with Crippen LogP contribution in [0.2, 0.25) is 0 Å². The Labute approximate surface area is 102 Å². The zero-order valence-corrected chi connectivity index (χ0v) is 11.1. The molecule has 1 aromatic rings. The summed E-state index contributed by atoms with van der Waals surface area (Å²) in [6.45, 7) is 7.53. The third-order valence-electron chi connectivity index (χ3n) is 2.80. The van der Waals surface area contributed by atoms with Gasteiger partial charge >= 0.3 is 0 Å². The van der Waals surface area contributed by atoms with Crippen molar-refractivity contribution in [3.05, 3.63) is 28.3 Å². The van der Waals surface area contributed by atoms with E-state index < -0.39 is 5.38 Å². The monoisotopic (exact) mass is 240 g/mol. The lowest BCUT2D eigenvalue weighted by molar-refractivity contribution is 0.0988. The van der Waals surface area contributed by atoms with Crippen LogP contribution in [0.5, 0.6) is 5.75 Å². The molecule has 0 aliphatic carbocycles. The maximum atomic E-state index is 12.0. The van der Waals surface area contributed by atoms with Crippen LogP contribution in [-0.4, -0.2) is 18.3 Å². The summed E-state index contributed by atoms with van der Waals surface area (Å²) in [5.41, 5.74) is 3.63. The van der Waals surface area contributed by atoms with Gasteiger partial charge in [0.1, 0.15) is 5.75 Å². The number of aryl methyl sites for hydroxylation is 2. The molecule has 1 atom stereocenters. The first-order valence-electron chi connectivity index (χ1n) is 5.23. The second-order valence-electron chi connectivity index (χ2n) is 4.02. The van der Waals surface area contributed by atoms with Crippen molar-refractivity contribution < 1.29 is 9.53 Å². The van der Waals surface area contributed by atoms with Crippen LogP contribution in [0.15, 0.2) is 6.07 Å². The molecule has 3 heteroatoms. The number of rotatable bonds is 3. The van der Waals surface area contributed by atoms with E-state index in [1.807, 2.05) is 26.8 Å². The molecule has 1 aromatic carbocycles. The molecule has 1 rings (SSSR count). The third-order valence-corrected chi connectivity index (χ3v) is 3.00. The molecule has 0 saturated heterocycles. The second kappa shape index (κ2) is 4.88. The first-order chi connectivity index (χ1) is 7.40. The molecule has 88 valence electrons. The summed E-state index contributed by atoms with van der Waals surface area (Å²) in [7, 11) is 1.58. The van der Waals surface area contributed by atoms with E-state index in [-0.39, 0.29) is 5.78 Å². The average molecular weight is 241 g/mol. The number of ketones is 1. The molecule has 0 saturated carbocycles. The summed E-state index contributed by atoms with van der Waals surface area (Å²) in [6.07, 6.45) is 0. The van der Waals surface area contributed by atoms with Gasteiger partial charge in [0.2, 0.25) is 0 Å². The van der Waals surface area contributed by atoms with Crippen LogP contribution in [0.1, 0.15) is 34.0 Å². The first kappa shape index (κ1) is 13.0. The number of halogens is 1. The van der Waals surface area contributed by atoms with Gasteiger partial charge in [-0.05, 0) is 44.4 Å². The second-order valence-corrected chi connectivity index (χ2v) is 4.68. The van der Waals surface area contributed by atoms with Crippen LogP contribution in [0.25, 0.3) is 0 Å². The van der Waals surface area contributed by atoms with E-state index in [4.69, 9.17) is 16.3 Å². The maximum absolute atomic E-state index is 12.0. The number of Topliss-reactive ketones (excluding diaryl/α,β-unsaturated/α-hetero) is 1. The van der Waals surface area contributed by atoms with Crippen molar-refractivity contribution in [2.45, 2.75) is 33.1 Å². The minimum atomic E-state index is -0.533. The third kappa shape index (κ3) is 2.22. The highest BCUT2D eigenvalue weighted by Gasteiger charge is 2.21. The van der Waals surface area contributed by atoms with Gasteiger partial charge in [-0.15, -0.1) is 11.6 Å². The minimum Gasteiger partial charge on any atom is -0.496 e. The lowest BCUT2D eigenvalue weighted by atomic mass is 9.95. The summed E-state index contributed by atoms with van der Waals surface area (Å²) >= 11 is 5.85. The topological polar surface area (TPSA) is 26.3 Å². The van der Waals surface area contributed by atoms with Crippen LogP contribution >= 0.6 is 11.6 Å². The van der Waals surface area contributed by atoms with Gasteiger partial charge in [-0.25, -0.2) is 0 Å². The Morgan fingerprint density at radius 2 is 1.88 bits per heavy atom. The van der Waals surface area contributed by atoms with Crippen molar-refractivity contribution >= 4 is 17.4 Å². The van der Waals surface area contributed by atoms with E-state index in [9.17, 15) is 4.79 Å². The van der Waals surface area contributed by atoms with Gasteiger partial charge in [-0.3, -0.25) is 4.79 Å². The first-order valence-corrected chi connectivity index (χ1v) is 5.66. The lowest BCUT2D eigenvalue weighted by Crippen LogP contribution is -2.14. The smallest absolute Gasteiger partial charge is 0.184 e. The highest BCUT2D eigenvalue weighted by molar-refractivity contribution is 6.34. The highest BCUT2D eigenvalue weighted by atomic mass is 35.5. The van der Waals surface area contributed by atoms with Crippen molar-refractivity contribution in [2.75, 3.05) is 7.11 Å². The summed E-state index contributed by atoms with van der Waals surface area (Å²) in [5, 5.41) is -0.533. The number of alkyl halides is 1. The van der Waals surface area contributed by atoms with Crippen molar-refractivity contribution in [2.24, 2.45) is 0 Å². The molecule has 16 heavy (non-hydrogen) atoms. The predicted molar refractivity (Wildman–Crippen MR) is 66.9 cm³/mol. The Balaban J connectivity index is 3.49. The van der Waals surface area contributed by atoms with E-state index in [2.05, 4.69) is 0 Å². The molecular formula is C13H17ClO2. The highest BCUT2D eigenvalue weighted by Crippen LogP contribution is 2.31. The zero-order valence-electron chi connectivity index (χ0n) is 10.3. The number of carbonyl (C=O) groups excluding carboxylic acids is 1. The van der Waals surface area contributed by atoms with Crippen molar-refractivity contribution in [3.8, 4) is 5.75 Å². The van der Waals surface area contributed by atoms with Gasteiger partial charge in [0.15, 0.2) is 5.78 Å². The van der Waals surface area contributed by atoms with Crippen molar-refractivity contribution in [1.82, 2.24) is 0 Å². The Hall–Kier alpha value is -1.02. The molecule has 0 fully saturated rings. The molecule has 0 spiro atoms. The fourth-order valence-electron chi connectivity index (χ4n) is 1.81. The van der Waals surface area contributed by atoms with Gasteiger partial charge in [0, 0.05) is 0 Å². The van der Waals surface area contributed by atoms with Crippen LogP contribution in [0.3, 0.4) is 0 Å². The molecule has 0 amide bonds. The summed E-state index contributed by atoms with van der Waals surface area (Å²) in [5.74, 6) is 0.564. The predicted octanol–water partition coefficient (Wildman–Crippen LogP) is 3.43. The molecule has 0 N–H and O–H groups in total. The average Bonchev–Trinajstić information content (AvgIpc) is 2.21. The largest absolute Gasteiger partial charge is 0.496 e. The number of hydrogen-bond acceptors (Lipinski definition) is 2. The van der Waals surface area contributed by atoms with E-state index in [1.165, 1.54) is 0 Å². The van der Waals surface area contributed by atoms with Crippen LogP contribution in [0.4, 0.5) is 0 Å². The Morgan fingerprint density at radius 1 is 1.31 bits per heavy atom. The number of benzene rings is 1. The fraction of sp³-hybridized carbons (Fsp3) is 0.462. The molecule has 0 aliphatic heterocycles. The summed E-state index contributed by atoms with van der Waals surface area (Å²) in [6, 6.07) is 1.99. The number of ether oxygens (including phenoxy) is 1. The molecule has 1 unspecified atom stereocenters. The molecule has 2 nitrogen and oxygen atoms in total. The normalized spacial score (nSPS) is 12.4. The lowest BCUT2D eigenvalue weighted by Gasteiger charge is -2.16. The molecule has 0 aromatic heterocycles. The molecular weight excluding hydrogens is 224 g/mol. The van der Waals surface area contributed by atoms with Gasteiger partial charge in [0.25, 0.3) is 0 Å². The summed E-state index contributed by atoms with van der Waals surface area (Å²) in [4.78, 5) is 12.0. The van der Waals surface area contributed by atoms with Gasteiger partial charge < -0.3 is 4.74 Å².